The minimum atomic E-state index is 0.176. The summed E-state index contributed by atoms with van der Waals surface area (Å²) in [6, 6.07) is 5.96. The number of nitrogens with one attached hydrogen (secondary N) is 2. The second-order valence-electron chi connectivity index (χ2n) is 4.11. The number of rotatable bonds is 4. The lowest BCUT2D eigenvalue weighted by molar-refractivity contribution is 0.0991. The molecule has 1 aromatic carbocycles. The van der Waals surface area contributed by atoms with Crippen LogP contribution in [0.2, 0.25) is 0 Å². The van der Waals surface area contributed by atoms with Gasteiger partial charge in [0.15, 0.2) is 5.78 Å². The smallest absolute Gasteiger partial charge is 0.176 e. The Morgan fingerprint density at radius 1 is 1.50 bits per heavy atom. The Balaban J connectivity index is 2.13. The van der Waals surface area contributed by atoms with E-state index >= 15 is 0 Å². The summed E-state index contributed by atoms with van der Waals surface area (Å²) in [6.45, 7) is 4.31. The molecule has 86 valence electrons. The van der Waals surface area contributed by atoms with Gasteiger partial charge in [0.25, 0.3) is 0 Å². The van der Waals surface area contributed by atoms with Crippen LogP contribution in [-0.2, 0) is 6.42 Å². The van der Waals surface area contributed by atoms with Gasteiger partial charge in [-0.15, -0.1) is 0 Å². The van der Waals surface area contributed by atoms with Gasteiger partial charge in [0, 0.05) is 17.8 Å². The van der Waals surface area contributed by atoms with Crippen molar-refractivity contribution < 1.29 is 4.79 Å². The third kappa shape index (κ3) is 2.42. The van der Waals surface area contributed by atoms with E-state index in [4.69, 9.17) is 0 Å². The number of hydrogen-bond acceptors (Lipinski definition) is 3. The summed E-state index contributed by atoms with van der Waals surface area (Å²) >= 11 is 0. The first-order chi connectivity index (χ1) is 7.81. The minimum Gasteiger partial charge on any atom is -0.385 e. The number of likely N-dealkylation sites (N-methyl/N-ethyl adjacent to an activating group) is 1. The monoisotopic (exact) mass is 218 g/mol. The van der Waals surface area contributed by atoms with E-state index in [1.807, 2.05) is 25.1 Å². The Bertz CT molecular complexity index is 388. The van der Waals surface area contributed by atoms with Crippen LogP contribution in [0, 0.1) is 0 Å². The number of hydrogen-bond donors (Lipinski definition) is 2. The molecule has 1 aliphatic heterocycles. The number of Topliss-reactive ketones (excluding diaryl/α,β-unsaturated/α-hetero) is 1. The molecule has 0 radical (unpaired) electrons. The van der Waals surface area contributed by atoms with Gasteiger partial charge in [0.1, 0.15) is 0 Å². The Kier molecular flexibility index (Phi) is 3.57. The summed E-state index contributed by atoms with van der Waals surface area (Å²) in [7, 11) is 0. The molecule has 0 saturated carbocycles. The van der Waals surface area contributed by atoms with Gasteiger partial charge >= 0.3 is 0 Å². The number of aryl methyl sites for hydroxylation is 1. The fraction of sp³-hybridized carbons (Fsp3) is 0.462. The number of fused-ring (bicyclic) bond motifs is 1. The molecule has 1 heterocycles. The SMILES string of the molecule is CCNCC(=O)c1ccc2c(c1)CCCN2. The molecule has 2 N–H and O–H groups in total. The molecule has 0 amide bonds. The van der Waals surface area contributed by atoms with E-state index in [2.05, 4.69) is 10.6 Å². The third-order valence-corrected chi connectivity index (χ3v) is 2.90. The zero-order chi connectivity index (χ0) is 11.4. The van der Waals surface area contributed by atoms with Crippen molar-refractivity contribution in [2.75, 3.05) is 25.0 Å². The zero-order valence-electron chi connectivity index (χ0n) is 9.68. The molecule has 0 saturated heterocycles. The zero-order valence-corrected chi connectivity index (χ0v) is 9.68. The fourth-order valence-electron chi connectivity index (χ4n) is 1.99. The van der Waals surface area contributed by atoms with Gasteiger partial charge in [-0.1, -0.05) is 6.92 Å². The normalized spacial score (nSPS) is 14.1. The average Bonchev–Trinajstić information content (AvgIpc) is 2.35. The van der Waals surface area contributed by atoms with Crippen LogP contribution in [0.4, 0.5) is 5.69 Å². The molecule has 3 nitrogen and oxygen atoms in total. The van der Waals surface area contributed by atoms with Crippen LogP contribution in [0.15, 0.2) is 18.2 Å². The first-order valence-electron chi connectivity index (χ1n) is 5.92. The van der Waals surface area contributed by atoms with Crippen LogP contribution < -0.4 is 10.6 Å². The molecule has 0 fully saturated rings. The molecule has 0 bridgehead atoms. The maximum absolute atomic E-state index is 11.8. The van der Waals surface area contributed by atoms with Gasteiger partial charge < -0.3 is 10.6 Å². The standard InChI is InChI=1S/C13H18N2O/c1-2-14-9-13(16)11-5-6-12-10(8-11)4-3-7-15-12/h5-6,8,14-15H,2-4,7,9H2,1H3. The van der Waals surface area contributed by atoms with Crippen LogP contribution in [0.1, 0.15) is 29.3 Å². The second-order valence-corrected chi connectivity index (χ2v) is 4.11. The van der Waals surface area contributed by atoms with E-state index in [1.165, 1.54) is 11.3 Å². The van der Waals surface area contributed by atoms with Gasteiger partial charge in [-0.05, 0) is 43.1 Å². The van der Waals surface area contributed by atoms with Crippen LogP contribution in [0.25, 0.3) is 0 Å². The maximum Gasteiger partial charge on any atom is 0.176 e. The highest BCUT2D eigenvalue weighted by Crippen LogP contribution is 2.22. The molecule has 0 aliphatic carbocycles. The molecule has 0 aromatic heterocycles. The highest BCUT2D eigenvalue weighted by atomic mass is 16.1. The van der Waals surface area contributed by atoms with Crippen molar-refractivity contribution in [1.82, 2.24) is 5.32 Å². The lowest BCUT2D eigenvalue weighted by Crippen LogP contribution is -2.23. The summed E-state index contributed by atoms with van der Waals surface area (Å²) in [4.78, 5) is 11.8. The molecule has 0 unspecified atom stereocenters. The molecule has 2 rings (SSSR count). The molecule has 0 spiro atoms. The minimum absolute atomic E-state index is 0.176. The van der Waals surface area contributed by atoms with Crippen molar-refractivity contribution in [2.24, 2.45) is 0 Å². The third-order valence-electron chi connectivity index (χ3n) is 2.90. The van der Waals surface area contributed by atoms with Crippen LogP contribution in [0.5, 0.6) is 0 Å². The molecule has 0 atom stereocenters. The first-order valence-corrected chi connectivity index (χ1v) is 5.92. The topological polar surface area (TPSA) is 41.1 Å². The summed E-state index contributed by atoms with van der Waals surface area (Å²) in [5, 5.41) is 6.41. The molecular weight excluding hydrogens is 200 g/mol. The van der Waals surface area contributed by atoms with Crippen molar-refractivity contribution in [3.05, 3.63) is 29.3 Å². The van der Waals surface area contributed by atoms with Crippen molar-refractivity contribution >= 4 is 11.5 Å². The highest BCUT2D eigenvalue weighted by Gasteiger charge is 2.11. The van der Waals surface area contributed by atoms with E-state index in [-0.39, 0.29) is 5.78 Å². The van der Waals surface area contributed by atoms with E-state index < -0.39 is 0 Å². The second kappa shape index (κ2) is 5.12. The van der Waals surface area contributed by atoms with Gasteiger partial charge in [-0.25, -0.2) is 0 Å². The van der Waals surface area contributed by atoms with E-state index in [9.17, 15) is 4.79 Å². The van der Waals surface area contributed by atoms with Gasteiger partial charge in [0.2, 0.25) is 0 Å². The lowest BCUT2D eigenvalue weighted by atomic mass is 9.99. The Labute approximate surface area is 96.2 Å². The fourth-order valence-corrected chi connectivity index (χ4v) is 1.99. The number of carbonyl (C=O) groups is 1. The van der Waals surface area contributed by atoms with Gasteiger partial charge in [-0.2, -0.15) is 0 Å². The maximum atomic E-state index is 11.8. The Morgan fingerprint density at radius 3 is 3.19 bits per heavy atom. The van der Waals surface area contributed by atoms with E-state index in [1.54, 1.807) is 0 Å². The van der Waals surface area contributed by atoms with Crippen LogP contribution in [0.3, 0.4) is 0 Å². The summed E-state index contributed by atoms with van der Waals surface area (Å²) in [6.07, 6.45) is 2.22. The number of ketones is 1. The van der Waals surface area contributed by atoms with Crippen molar-refractivity contribution in [1.29, 1.82) is 0 Å². The Hall–Kier alpha value is -1.35. The molecule has 1 aliphatic rings. The van der Waals surface area contributed by atoms with E-state index in [0.29, 0.717) is 6.54 Å². The molecule has 3 heteroatoms. The predicted molar refractivity (Wildman–Crippen MR) is 66.1 cm³/mol. The predicted octanol–water partition coefficient (Wildman–Crippen LogP) is 1.84. The average molecular weight is 218 g/mol. The van der Waals surface area contributed by atoms with Crippen molar-refractivity contribution in [3.63, 3.8) is 0 Å². The van der Waals surface area contributed by atoms with Crippen LogP contribution >= 0.6 is 0 Å². The van der Waals surface area contributed by atoms with Crippen molar-refractivity contribution in [2.45, 2.75) is 19.8 Å². The molecule has 1 aromatic rings. The quantitative estimate of drug-likeness (QED) is 0.758. The van der Waals surface area contributed by atoms with Gasteiger partial charge in [-0.3, -0.25) is 4.79 Å². The summed E-state index contributed by atoms with van der Waals surface area (Å²) < 4.78 is 0. The summed E-state index contributed by atoms with van der Waals surface area (Å²) in [5.74, 6) is 0.176. The largest absolute Gasteiger partial charge is 0.385 e. The highest BCUT2D eigenvalue weighted by molar-refractivity contribution is 5.98. The van der Waals surface area contributed by atoms with Gasteiger partial charge in [0.05, 0.1) is 6.54 Å². The number of benzene rings is 1. The molecular formula is C13H18N2O. The van der Waals surface area contributed by atoms with Crippen molar-refractivity contribution in [3.8, 4) is 0 Å². The lowest BCUT2D eigenvalue weighted by Gasteiger charge is -2.18. The number of carbonyl (C=O) groups excluding carboxylic acids is 1. The number of anilines is 1. The first kappa shape index (κ1) is 11.1. The molecule has 16 heavy (non-hydrogen) atoms. The van der Waals surface area contributed by atoms with Crippen LogP contribution in [-0.4, -0.2) is 25.4 Å². The van der Waals surface area contributed by atoms with E-state index in [0.717, 1.165) is 31.5 Å². The summed E-state index contributed by atoms with van der Waals surface area (Å²) in [5.41, 5.74) is 3.28. The Morgan fingerprint density at radius 2 is 2.38 bits per heavy atom.